The third-order valence-electron chi connectivity index (χ3n) is 3.69. The van der Waals surface area contributed by atoms with Crippen LogP contribution in [0.5, 0.6) is 11.5 Å². The predicted molar refractivity (Wildman–Crippen MR) is 71.3 cm³/mol. The molecule has 2 aromatic rings. The molecule has 2 heterocycles. The quantitative estimate of drug-likeness (QED) is 0.811. The number of ether oxygens (including phenoxy) is 2. The van der Waals surface area contributed by atoms with Crippen LogP contribution >= 0.6 is 0 Å². The highest BCUT2D eigenvalue weighted by atomic mass is 16.5. The zero-order chi connectivity index (χ0) is 12.5. The van der Waals surface area contributed by atoms with Crippen LogP contribution in [0.4, 0.5) is 0 Å². The molecular formula is C15H17NO2. The van der Waals surface area contributed by atoms with Gasteiger partial charge >= 0.3 is 0 Å². The minimum absolute atomic E-state index is 0.606. The Morgan fingerprint density at radius 2 is 2.33 bits per heavy atom. The van der Waals surface area contributed by atoms with Crippen LogP contribution in [0.15, 0.2) is 24.4 Å². The Balaban J connectivity index is 2.16. The Morgan fingerprint density at radius 3 is 3.11 bits per heavy atom. The van der Waals surface area contributed by atoms with E-state index in [1.807, 2.05) is 18.3 Å². The van der Waals surface area contributed by atoms with Crippen LogP contribution in [0.25, 0.3) is 10.9 Å². The van der Waals surface area contributed by atoms with Crippen LogP contribution in [-0.2, 0) is 6.42 Å². The summed E-state index contributed by atoms with van der Waals surface area (Å²) in [7, 11) is 1.69. The zero-order valence-electron chi connectivity index (χ0n) is 10.8. The van der Waals surface area contributed by atoms with Crippen molar-refractivity contribution in [1.82, 2.24) is 4.98 Å². The molecule has 0 amide bonds. The van der Waals surface area contributed by atoms with Gasteiger partial charge in [0.15, 0.2) is 0 Å². The lowest BCUT2D eigenvalue weighted by molar-refractivity contribution is 0.218. The second-order valence-electron chi connectivity index (χ2n) is 4.77. The number of nitrogens with zero attached hydrogens (tertiary/aromatic N) is 1. The average Bonchev–Trinajstić information content (AvgIpc) is 2.45. The Bertz CT molecular complexity index is 575. The standard InChI is InChI=1S/C15H17NO2/c1-3-10-6-13-12-7-11(17-2)4-5-14(12)16-8-15(13)18-9-10/h4-5,7-8,10H,3,6,9H2,1-2H3. The number of pyridine rings is 1. The minimum atomic E-state index is 0.606. The molecule has 1 aliphatic heterocycles. The maximum atomic E-state index is 5.81. The number of hydrogen-bond acceptors (Lipinski definition) is 3. The molecule has 0 bridgehead atoms. The summed E-state index contributed by atoms with van der Waals surface area (Å²) in [5.74, 6) is 2.41. The highest BCUT2D eigenvalue weighted by Gasteiger charge is 2.21. The molecule has 1 aliphatic rings. The van der Waals surface area contributed by atoms with E-state index in [1.54, 1.807) is 7.11 Å². The highest BCUT2D eigenvalue weighted by molar-refractivity contribution is 5.85. The van der Waals surface area contributed by atoms with E-state index in [0.29, 0.717) is 5.92 Å². The Labute approximate surface area is 107 Å². The molecular weight excluding hydrogens is 226 g/mol. The van der Waals surface area contributed by atoms with Crippen molar-refractivity contribution in [2.24, 2.45) is 5.92 Å². The number of rotatable bonds is 2. The minimum Gasteiger partial charge on any atom is -0.497 e. The molecule has 3 rings (SSSR count). The van der Waals surface area contributed by atoms with Gasteiger partial charge in [-0.3, -0.25) is 4.98 Å². The molecule has 1 aromatic heterocycles. The molecule has 1 atom stereocenters. The smallest absolute Gasteiger partial charge is 0.141 e. The molecule has 0 N–H and O–H groups in total. The first-order valence-corrected chi connectivity index (χ1v) is 6.40. The Hall–Kier alpha value is -1.77. The van der Waals surface area contributed by atoms with Gasteiger partial charge in [0.25, 0.3) is 0 Å². The largest absolute Gasteiger partial charge is 0.497 e. The van der Waals surface area contributed by atoms with Crippen molar-refractivity contribution in [3.05, 3.63) is 30.0 Å². The van der Waals surface area contributed by atoms with Gasteiger partial charge in [-0.25, -0.2) is 0 Å². The van der Waals surface area contributed by atoms with Gasteiger partial charge in [-0.15, -0.1) is 0 Å². The van der Waals surface area contributed by atoms with E-state index in [4.69, 9.17) is 9.47 Å². The number of methoxy groups -OCH3 is 1. The van der Waals surface area contributed by atoms with Gasteiger partial charge in [0.2, 0.25) is 0 Å². The molecule has 18 heavy (non-hydrogen) atoms. The van der Waals surface area contributed by atoms with E-state index in [0.717, 1.165) is 41.9 Å². The third kappa shape index (κ3) is 1.80. The summed E-state index contributed by atoms with van der Waals surface area (Å²) in [5, 5.41) is 1.16. The fourth-order valence-corrected chi connectivity index (χ4v) is 2.49. The van der Waals surface area contributed by atoms with Crippen molar-refractivity contribution in [3.8, 4) is 11.5 Å². The number of aromatic nitrogens is 1. The summed E-state index contributed by atoms with van der Waals surface area (Å²) < 4.78 is 11.1. The fraction of sp³-hybridized carbons (Fsp3) is 0.400. The van der Waals surface area contributed by atoms with Crippen molar-refractivity contribution in [3.63, 3.8) is 0 Å². The van der Waals surface area contributed by atoms with Gasteiger partial charge in [-0.1, -0.05) is 6.92 Å². The van der Waals surface area contributed by atoms with Crippen LogP contribution in [0, 0.1) is 5.92 Å². The molecule has 0 spiro atoms. The highest BCUT2D eigenvalue weighted by Crippen LogP contribution is 2.34. The summed E-state index contributed by atoms with van der Waals surface area (Å²) >= 11 is 0. The van der Waals surface area contributed by atoms with Crippen LogP contribution in [0.2, 0.25) is 0 Å². The SMILES string of the molecule is CCC1COc2cnc3ccc(OC)cc3c2C1. The van der Waals surface area contributed by atoms with E-state index >= 15 is 0 Å². The third-order valence-corrected chi connectivity index (χ3v) is 3.69. The molecule has 0 fully saturated rings. The molecule has 0 saturated carbocycles. The normalized spacial score (nSPS) is 18.2. The number of benzene rings is 1. The summed E-state index contributed by atoms with van der Waals surface area (Å²) in [4.78, 5) is 4.44. The summed E-state index contributed by atoms with van der Waals surface area (Å²) in [6, 6.07) is 6.01. The molecule has 3 nitrogen and oxygen atoms in total. The second-order valence-corrected chi connectivity index (χ2v) is 4.77. The molecule has 94 valence electrons. The van der Waals surface area contributed by atoms with Gasteiger partial charge in [0.1, 0.15) is 11.5 Å². The molecule has 1 unspecified atom stereocenters. The molecule has 1 aromatic carbocycles. The van der Waals surface area contributed by atoms with Crippen molar-refractivity contribution < 1.29 is 9.47 Å². The van der Waals surface area contributed by atoms with Crippen molar-refractivity contribution in [2.75, 3.05) is 13.7 Å². The number of fused-ring (bicyclic) bond motifs is 3. The van der Waals surface area contributed by atoms with Crippen molar-refractivity contribution in [1.29, 1.82) is 0 Å². The lowest BCUT2D eigenvalue weighted by atomic mass is 9.92. The van der Waals surface area contributed by atoms with E-state index < -0.39 is 0 Å². The van der Waals surface area contributed by atoms with Crippen LogP contribution in [0.3, 0.4) is 0 Å². The monoisotopic (exact) mass is 243 g/mol. The topological polar surface area (TPSA) is 31.4 Å². The predicted octanol–water partition coefficient (Wildman–Crippen LogP) is 3.20. The van der Waals surface area contributed by atoms with E-state index in [1.165, 1.54) is 5.56 Å². The van der Waals surface area contributed by atoms with Gasteiger partial charge in [0, 0.05) is 10.9 Å². The van der Waals surface area contributed by atoms with Crippen LogP contribution < -0.4 is 9.47 Å². The molecule has 0 saturated heterocycles. The molecule has 3 heteroatoms. The first kappa shape index (κ1) is 11.3. The van der Waals surface area contributed by atoms with Crippen molar-refractivity contribution in [2.45, 2.75) is 19.8 Å². The van der Waals surface area contributed by atoms with Crippen LogP contribution in [0.1, 0.15) is 18.9 Å². The van der Waals surface area contributed by atoms with Gasteiger partial charge in [-0.05, 0) is 37.0 Å². The van der Waals surface area contributed by atoms with E-state index in [-0.39, 0.29) is 0 Å². The maximum Gasteiger partial charge on any atom is 0.141 e. The lowest BCUT2D eigenvalue weighted by Crippen LogP contribution is -2.20. The zero-order valence-corrected chi connectivity index (χ0v) is 10.8. The van der Waals surface area contributed by atoms with Gasteiger partial charge in [0.05, 0.1) is 25.4 Å². The second kappa shape index (κ2) is 4.48. The molecule has 0 radical (unpaired) electrons. The van der Waals surface area contributed by atoms with Crippen molar-refractivity contribution >= 4 is 10.9 Å². The fourth-order valence-electron chi connectivity index (χ4n) is 2.49. The lowest BCUT2D eigenvalue weighted by Gasteiger charge is -2.25. The average molecular weight is 243 g/mol. The number of hydrogen-bond donors (Lipinski definition) is 0. The van der Waals surface area contributed by atoms with Gasteiger partial charge < -0.3 is 9.47 Å². The van der Waals surface area contributed by atoms with E-state index in [9.17, 15) is 0 Å². The first-order valence-electron chi connectivity index (χ1n) is 6.40. The first-order chi connectivity index (χ1) is 8.81. The maximum absolute atomic E-state index is 5.81. The van der Waals surface area contributed by atoms with E-state index in [2.05, 4.69) is 18.0 Å². The molecule has 0 aliphatic carbocycles. The summed E-state index contributed by atoms with van der Waals surface area (Å²) in [5.41, 5.74) is 2.28. The van der Waals surface area contributed by atoms with Crippen LogP contribution in [-0.4, -0.2) is 18.7 Å². The Kier molecular flexibility index (Phi) is 2.82. The summed E-state index contributed by atoms with van der Waals surface area (Å²) in [6.45, 7) is 3.02. The summed E-state index contributed by atoms with van der Waals surface area (Å²) in [6.07, 6.45) is 4.06. The Morgan fingerprint density at radius 1 is 1.44 bits per heavy atom. The van der Waals surface area contributed by atoms with Gasteiger partial charge in [-0.2, -0.15) is 0 Å².